The molecule has 0 unspecified atom stereocenters. The molecule has 0 radical (unpaired) electrons. The first kappa shape index (κ1) is 19.0. The van der Waals surface area contributed by atoms with Crippen molar-refractivity contribution in [2.24, 2.45) is 5.92 Å². The largest absolute Gasteiger partial charge is 0.492 e. The molecule has 0 spiro atoms. The maximum atomic E-state index is 12.4. The average Bonchev–Trinajstić information content (AvgIpc) is 3.48. The van der Waals surface area contributed by atoms with E-state index in [1.165, 1.54) is 11.1 Å². The SMILES string of the molecule is Cc1ccc(OCCNC(=O)c2ccc(C)c(NC(=O)C3CC3)c2)cc1C. The van der Waals surface area contributed by atoms with Crippen molar-refractivity contribution in [3.8, 4) is 5.75 Å². The first-order valence-electron chi connectivity index (χ1n) is 9.34. The van der Waals surface area contributed by atoms with Crippen LogP contribution < -0.4 is 15.4 Å². The minimum absolute atomic E-state index is 0.0393. The van der Waals surface area contributed by atoms with Gasteiger partial charge in [-0.15, -0.1) is 0 Å². The zero-order valence-electron chi connectivity index (χ0n) is 16.1. The van der Waals surface area contributed by atoms with Crippen LogP contribution in [0.3, 0.4) is 0 Å². The van der Waals surface area contributed by atoms with Gasteiger partial charge in [0.05, 0.1) is 6.54 Å². The predicted molar refractivity (Wildman–Crippen MR) is 106 cm³/mol. The smallest absolute Gasteiger partial charge is 0.251 e. The molecule has 0 aliphatic heterocycles. The minimum atomic E-state index is -0.180. The lowest BCUT2D eigenvalue weighted by molar-refractivity contribution is -0.117. The van der Waals surface area contributed by atoms with E-state index in [1.807, 2.05) is 38.1 Å². The maximum absolute atomic E-state index is 12.4. The van der Waals surface area contributed by atoms with Crippen LogP contribution in [-0.4, -0.2) is 25.0 Å². The Bertz CT molecular complexity index is 857. The molecule has 1 aliphatic carbocycles. The number of hydrogen-bond acceptors (Lipinski definition) is 3. The standard InChI is InChI=1S/C22H26N2O3/c1-14-5-9-19(12-16(14)3)27-11-10-23-21(25)18-6-4-15(2)20(13-18)24-22(26)17-7-8-17/h4-6,9,12-13,17H,7-8,10-11H2,1-3H3,(H,23,25)(H,24,26). The zero-order chi connectivity index (χ0) is 19.4. The number of hydrogen-bond donors (Lipinski definition) is 2. The van der Waals surface area contributed by atoms with Crippen LogP contribution in [-0.2, 0) is 4.79 Å². The molecule has 5 heteroatoms. The molecule has 1 fully saturated rings. The number of rotatable bonds is 7. The van der Waals surface area contributed by atoms with E-state index in [-0.39, 0.29) is 17.7 Å². The second-order valence-corrected chi connectivity index (χ2v) is 7.14. The van der Waals surface area contributed by atoms with Gasteiger partial charge < -0.3 is 15.4 Å². The van der Waals surface area contributed by atoms with Crippen molar-refractivity contribution in [1.29, 1.82) is 0 Å². The number of ether oxygens (including phenoxy) is 1. The van der Waals surface area contributed by atoms with Crippen molar-refractivity contribution in [3.05, 3.63) is 58.7 Å². The van der Waals surface area contributed by atoms with Gasteiger partial charge in [0.15, 0.2) is 0 Å². The number of aryl methyl sites for hydroxylation is 3. The summed E-state index contributed by atoms with van der Waals surface area (Å²) in [5, 5.41) is 5.78. The molecule has 2 amide bonds. The highest BCUT2D eigenvalue weighted by Crippen LogP contribution is 2.30. The van der Waals surface area contributed by atoms with E-state index in [1.54, 1.807) is 12.1 Å². The Balaban J connectivity index is 1.51. The van der Waals surface area contributed by atoms with Gasteiger partial charge in [-0.1, -0.05) is 12.1 Å². The molecule has 142 valence electrons. The van der Waals surface area contributed by atoms with Crippen LogP contribution in [0.1, 0.15) is 39.9 Å². The Morgan fingerprint density at radius 1 is 1.00 bits per heavy atom. The van der Waals surface area contributed by atoms with E-state index in [9.17, 15) is 9.59 Å². The van der Waals surface area contributed by atoms with E-state index in [0.717, 1.165) is 24.2 Å². The van der Waals surface area contributed by atoms with Crippen LogP contribution >= 0.6 is 0 Å². The number of carbonyl (C=O) groups is 2. The first-order valence-corrected chi connectivity index (χ1v) is 9.34. The van der Waals surface area contributed by atoms with Crippen molar-refractivity contribution in [2.75, 3.05) is 18.5 Å². The van der Waals surface area contributed by atoms with E-state index >= 15 is 0 Å². The van der Waals surface area contributed by atoms with E-state index in [4.69, 9.17) is 4.74 Å². The summed E-state index contributed by atoms with van der Waals surface area (Å²) in [5.74, 6) is 0.787. The van der Waals surface area contributed by atoms with Crippen molar-refractivity contribution >= 4 is 17.5 Å². The van der Waals surface area contributed by atoms with Gasteiger partial charge in [0, 0.05) is 17.2 Å². The van der Waals surface area contributed by atoms with E-state index in [2.05, 4.69) is 17.6 Å². The molecule has 0 bridgehead atoms. The van der Waals surface area contributed by atoms with Crippen molar-refractivity contribution in [1.82, 2.24) is 5.32 Å². The van der Waals surface area contributed by atoms with Crippen molar-refractivity contribution in [3.63, 3.8) is 0 Å². The molecule has 1 saturated carbocycles. The lowest BCUT2D eigenvalue weighted by Crippen LogP contribution is -2.28. The third kappa shape index (κ3) is 5.09. The summed E-state index contributed by atoms with van der Waals surface area (Å²) < 4.78 is 5.69. The van der Waals surface area contributed by atoms with Gasteiger partial charge in [0.25, 0.3) is 5.91 Å². The van der Waals surface area contributed by atoms with Crippen LogP contribution in [0, 0.1) is 26.7 Å². The highest BCUT2D eigenvalue weighted by atomic mass is 16.5. The predicted octanol–water partition coefficient (Wildman–Crippen LogP) is 3.77. The molecular weight excluding hydrogens is 340 g/mol. The molecule has 3 rings (SSSR count). The fourth-order valence-electron chi connectivity index (χ4n) is 2.72. The third-order valence-electron chi connectivity index (χ3n) is 4.84. The number of amides is 2. The van der Waals surface area contributed by atoms with Gasteiger partial charge in [-0.2, -0.15) is 0 Å². The summed E-state index contributed by atoms with van der Waals surface area (Å²) >= 11 is 0. The Hall–Kier alpha value is -2.82. The minimum Gasteiger partial charge on any atom is -0.492 e. The second-order valence-electron chi connectivity index (χ2n) is 7.14. The zero-order valence-corrected chi connectivity index (χ0v) is 16.1. The van der Waals surface area contributed by atoms with Crippen LogP contribution in [0.5, 0.6) is 5.75 Å². The van der Waals surface area contributed by atoms with Crippen LogP contribution in [0.25, 0.3) is 0 Å². The summed E-state index contributed by atoms with van der Waals surface area (Å²) in [4.78, 5) is 24.3. The Labute approximate surface area is 160 Å². The Morgan fingerprint density at radius 2 is 1.74 bits per heavy atom. The van der Waals surface area contributed by atoms with E-state index in [0.29, 0.717) is 24.4 Å². The topological polar surface area (TPSA) is 67.4 Å². The van der Waals surface area contributed by atoms with Gasteiger partial charge in [-0.25, -0.2) is 0 Å². The quantitative estimate of drug-likeness (QED) is 0.733. The molecule has 2 aromatic rings. The fourth-order valence-corrected chi connectivity index (χ4v) is 2.72. The Morgan fingerprint density at radius 3 is 2.44 bits per heavy atom. The third-order valence-corrected chi connectivity index (χ3v) is 4.84. The summed E-state index contributed by atoms with van der Waals surface area (Å²) in [6, 6.07) is 11.3. The second kappa shape index (κ2) is 8.25. The van der Waals surface area contributed by atoms with Crippen molar-refractivity contribution in [2.45, 2.75) is 33.6 Å². The molecule has 2 N–H and O–H groups in total. The molecule has 27 heavy (non-hydrogen) atoms. The average molecular weight is 366 g/mol. The summed E-state index contributed by atoms with van der Waals surface area (Å²) in [6.07, 6.45) is 1.90. The fraction of sp³-hybridized carbons (Fsp3) is 0.364. The monoisotopic (exact) mass is 366 g/mol. The van der Waals surface area contributed by atoms with Gasteiger partial charge >= 0.3 is 0 Å². The van der Waals surface area contributed by atoms with Crippen molar-refractivity contribution < 1.29 is 14.3 Å². The van der Waals surface area contributed by atoms with E-state index < -0.39 is 0 Å². The Kier molecular flexibility index (Phi) is 5.79. The summed E-state index contributed by atoms with van der Waals surface area (Å²) in [5.41, 5.74) is 4.57. The molecule has 0 heterocycles. The molecule has 0 atom stereocenters. The van der Waals surface area contributed by atoms with Crippen LogP contribution in [0.4, 0.5) is 5.69 Å². The molecule has 0 aromatic heterocycles. The molecule has 0 saturated heterocycles. The van der Waals surface area contributed by atoms with Crippen LogP contribution in [0.15, 0.2) is 36.4 Å². The van der Waals surface area contributed by atoms with Gasteiger partial charge in [0.1, 0.15) is 12.4 Å². The summed E-state index contributed by atoms with van der Waals surface area (Å²) in [7, 11) is 0. The molecule has 1 aliphatic rings. The first-order chi connectivity index (χ1) is 12.9. The summed E-state index contributed by atoms with van der Waals surface area (Å²) in [6.45, 7) is 6.82. The molecule has 5 nitrogen and oxygen atoms in total. The molecule has 2 aromatic carbocycles. The number of anilines is 1. The maximum Gasteiger partial charge on any atom is 0.251 e. The van der Waals surface area contributed by atoms with Crippen LogP contribution in [0.2, 0.25) is 0 Å². The van der Waals surface area contributed by atoms with Gasteiger partial charge in [0.2, 0.25) is 5.91 Å². The number of benzene rings is 2. The van der Waals surface area contributed by atoms with Gasteiger partial charge in [-0.3, -0.25) is 9.59 Å². The normalized spacial score (nSPS) is 13.1. The number of nitrogens with one attached hydrogen (secondary N) is 2. The lowest BCUT2D eigenvalue weighted by Gasteiger charge is -2.12. The van der Waals surface area contributed by atoms with Gasteiger partial charge in [-0.05, 0) is 74.6 Å². The highest BCUT2D eigenvalue weighted by molar-refractivity contribution is 5.98. The highest BCUT2D eigenvalue weighted by Gasteiger charge is 2.29. The lowest BCUT2D eigenvalue weighted by atomic mass is 10.1. The number of carbonyl (C=O) groups excluding carboxylic acids is 2. The molecular formula is C22H26N2O3.